The number of piperidine rings is 1. The molecule has 2 unspecified atom stereocenters. The number of morpholine rings is 1. The number of rotatable bonds is 6. The van der Waals surface area contributed by atoms with Gasteiger partial charge in [0, 0.05) is 12.6 Å². The lowest BCUT2D eigenvalue weighted by atomic mass is 9.93. The maximum Gasteiger partial charge on any atom is 0.410 e. The van der Waals surface area contributed by atoms with Crippen LogP contribution in [0.1, 0.15) is 52.9 Å². The van der Waals surface area contributed by atoms with Gasteiger partial charge in [-0.15, -0.1) is 0 Å². The minimum absolute atomic E-state index is 0.0799. The topological polar surface area (TPSA) is 54.0 Å². The van der Waals surface area contributed by atoms with Crippen LogP contribution in [0.3, 0.4) is 0 Å². The highest BCUT2D eigenvalue weighted by atomic mass is 16.6. The van der Waals surface area contributed by atoms with Crippen molar-refractivity contribution in [2.24, 2.45) is 11.8 Å². The third kappa shape index (κ3) is 6.61. The van der Waals surface area contributed by atoms with Crippen molar-refractivity contribution in [3.05, 3.63) is 0 Å². The summed E-state index contributed by atoms with van der Waals surface area (Å²) < 4.78 is 11.6. The third-order valence-corrected chi connectivity index (χ3v) is 6.05. The molecule has 1 aliphatic carbocycles. The Hall–Kier alpha value is -0.850. The van der Waals surface area contributed by atoms with E-state index in [-0.39, 0.29) is 12.2 Å². The molecule has 27 heavy (non-hydrogen) atoms. The SMILES string of the molecule is CN1CCC(CCNC(C2CC2)C2CN(C(=O)OC(C)(C)C)CCO2)CC1. The van der Waals surface area contributed by atoms with Crippen LogP contribution < -0.4 is 5.32 Å². The van der Waals surface area contributed by atoms with E-state index in [1.807, 2.05) is 25.7 Å². The second-order valence-corrected chi connectivity index (χ2v) is 9.69. The van der Waals surface area contributed by atoms with E-state index in [4.69, 9.17) is 9.47 Å². The van der Waals surface area contributed by atoms with Crippen molar-refractivity contribution in [1.82, 2.24) is 15.1 Å². The molecule has 3 fully saturated rings. The molecule has 0 aromatic heterocycles. The fourth-order valence-corrected chi connectivity index (χ4v) is 4.25. The van der Waals surface area contributed by atoms with Crippen LogP contribution in [0, 0.1) is 11.8 Å². The molecule has 0 aromatic carbocycles. The maximum atomic E-state index is 12.4. The number of hydrogen-bond donors (Lipinski definition) is 1. The summed E-state index contributed by atoms with van der Waals surface area (Å²) >= 11 is 0. The van der Waals surface area contributed by atoms with Crippen molar-refractivity contribution in [2.45, 2.75) is 70.6 Å². The van der Waals surface area contributed by atoms with Crippen molar-refractivity contribution in [3.8, 4) is 0 Å². The van der Waals surface area contributed by atoms with Crippen molar-refractivity contribution in [2.75, 3.05) is 46.4 Å². The smallest absolute Gasteiger partial charge is 0.410 e. The van der Waals surface area contributed by atoms with Crippen LogP contribution in [-0.2, 0) is 9.47 Å². The number of carbonyl (C=O) groups excluding carboxylic acids is 1. The molecule has 2 saturated heterocycles. The third-order valence-electron chi connectivity index (χ3n) is 6.05. The largest absolute Gasteiger partial charge is 0.444 e. The summed E-state index contributed by atoms with van der Waals surface area (Å²) in [4.78, 5) is 16.7. The lowest BCUT2D eigenvalue weighted by Gasteiger charge is -2.38. The first-order valence-electron chi connectivity index (χ1n) is 10.8. The van der Waals surface area contributed by atoms with E-state index >= 15 is 0 Å². The molecule has 6 heteroatoms. The van der Waals surface area contributed by atoms with Gasteiger partial charge in [0.25, 0.3) is 0 Å². The average molecular weight is 382 g/mol. The van der Waals surface area contributed by atoms with E-state index in [9.17, 15) is 4.79 Å². The van der Waals surface area contributed by atoms with Gasteiger partial charge in [0.1, 0.15) is 5.60 Å². The number of hydrogen-bond acceptors (Lipinski definition) is 5. The highest BCUT2D eigenvalue weighted by Gasteiger charge is 2.40. The Balaban J connectivity index is 1.47. The molecule has 2 aliphatic heterocycles. The lowest BCUT2D eigenvalue weighted by Crippen LogP contribution is -2.55. The zero-order valence-electron chi connectivity index (χ0n) is 17.7. The predicted octanol–water partition coefficient (Wildman–Crippen LogP) is 2.72. The first-order valence-corrected chi connectivity index (χ1v) is 10.8. The van der Waals surface area contributed by atoms with Crippen LogP contribution in [0.15, 0.2) is 0 Å². The van der Waals surface area contributed by atoms with Gasteiger partial charge in [0.15, 0.2) is 0 Å². The minimum Gasteiger partial charge on any atom is -0.444 e. The van der Waals surface area contributed by atoms with Crippen LogP contribution >= 0.6 is 0 Å². The fourth-order valence-electron chi connectivity index (χ4n) is 4.25. The number of nitrogens with zero attached hydrogens (tertiary/aromatic N) is 2. The van der Waals surface area contributed by atoms with E-state index in [1.165, 1.54) is 45.2 Å². The van der Waals surface area contributed by atoms with Crippen LogP contribution in [0.25, 0.3) is 0 Å². The van der Waals surface area contributed by atoms with Gasteiger partial charge in [-0.2, -0.15) is 0 Å². The van der Waals surface area contributed by atoms with Crippen molar-refractivity contribution in [1.29, 1.82) is 0 Å². The second-order valence-electron chi connectivity index (χ2n) is 9.69. The Morgan fingerprint density at radius 1 is 1.19 bits per heavy atom. The summed E-state index contributed by atoms with van der Waals surface area (Å²) in [5, 5.41) is 3.80. The standard InChI is InChI=1S/C21H39N3O3/c1-21(2,3)27-20(25)24-13-14-26-18(15-24)19(17-5-6-17)22-10-7-16-8-11-23(4)12-9-16/h16-19,22H,5-15H2,1-4H3. The molecule has 1 N–H and O–H groups in total. The molecule has 0 aromatic rings. The Morgan fingerprint density at radius 3 is 2.52 bits per heavy atom. The van der Waals surface area contributed by atoms with Crippen LogP contribution in [0.5, 0.6) is 0 Å². The van der Waals surface area contributed by atoms with E-state index in [0.29, 0.717) is 31.7 Å². The zero-order chi connectivity index (χ0) is 19.4. The summed E-state index contributed by atoms with van der Waals surface area (Å²) in [6, 6.07) is 0.363. The lowest BCUT2D eigenvalue weighted by molar-refractivity contribution is -0.0577. The van der Waals surface area contributed by atoms with E-state index in [1.54, 1.807) is 0 Å². The Kier molecular flexibility index (Phi) is 7.03. The molecular formula is C21H39N3O3. The predicted molar refractivity (Wildman–Crippen MR) is 107 cm³/mol. The van der Waals surface area contributed by atoms with E-state index in [0.717, 1.165) is 12.5 Å². The maximum absolute atomic E-state index is 12.4. The average Bonchev–Trinajstić information content (AvgIpc) is 3.44. The molecule has 3 rings (SSSR count). The number of amides is 1. The Bertz CT molecular complexity index is 482. The Morgan fingerprint density at radius 2 is 1.89 bits per heavy atom. The number of nitrogens with one attached hydrogen (secondary N) is 1. The highest BCUT2D eigenvalue weighted by molar-refractivity contribution is 5.68. The van der Waals surface area contributed by atoms with Crippen molar-refractivity contribution < 1.29 is 14.3 Å². The number of likely N-dealkylation sites (tertiary alicyclic amines) is 1. The van der Waals surface area contributed by atoms with Crippen molar-refractivity contribution in [3.63, 3.8) is 0 Å². The first-order chi connectivity index (χ1) is 12.8. The van der Waals surface area contributed by atoms with Gasteiger partial charge in [0.05, 0.1) is 19.3 Å². The highest BCUT2D eigenvalue weighted by Crippen LogP contribution is 2.35. The van der Waals surface area contributed by atoms with Crippen LogP contribution in [0.2, 0.25) is 0 Å². The quantitative estimate of drug-likeness (QED) is 0.767. The summed E-state index contributed by atoms with van der Waals surface area (Å²) in [6.45, 7) is 11.1. The molecule has 156 valence electrons. The van der Waals surface area contributed by atoms with Gasteiger partial charge in [-0.25, -0.2) is 4.79 Å². The molecule has 2 heterocycles. The van der Waals surface area contributed by atoms with Gasteiger partial charge in [-0.05, 0) is 91.4 Å². The van der Waals surface area contributed by atoms with Gasteiger partial charge in [-0.1, -0.05) is 0 Å². The summed E-state index contributed by atoms with van der Waals surface area (Å²) in [5.41, 5.74) is -0.451. The van der Waals surface area contributed by atoms with E-state index in [2.05, 4.69) is 17.3 Å². The Labute approximate surface area is 164 Å². The van der Waals surface area contributed by atoms with Crippen molar-refractivity contribution >= 4 is 6.09 Å². The van der Waals surface area contributed by atoms with Crippen LogP contribution in [-0.4, -0.2) is 80.0 Å². The molecule has 3 aliphatic rings. The van der Waals surface area contributed by atoms with E-state index < -0.39 is 5.60 Å². The molecule has 1 saturated carbocycles. The second kappa shape index (κ2) is 9.10. The van der Waals surface area contributed by atoms with Gasteiger partial charge >= 0.3 is 6.09 Å². The number of carbonyl (C=O) groups is 1. The monoisotopic (exact) mass is 381 g/mol. The normalized spacial score (nSPS) is 26.8. The minimum atomic E-state index is -0.451. The molecule has 1 amide bonds. The fraction of sp³-hybridized carbons (Fsp3) is 0.952. The summed E-state index contributed by atoms with van der Waals surface area (Å²) in [7, 11) is 2.22. The zero-order valence-corrected chi connectivity index (χ0v) is 17.7. The van der Waals surface area contributed by atoms with Gasteiger partial charge in [0.2, 0.25) is 0 Å². The summed E-state index contributed by atoms with van der Waals surface area (Å²) in [5.74, 6) is 1.55. The molecular weight excluding hydrogens is 342 g/mol. The summed E-state index contributed by atoms with van der Waals surface area (Å²) in [6.07, 6.45) is 6.31. The molecule has 2 atom stereocenters. The molecule has 0 bridgehead atoms. The van der Waals surface area contributed by atoms with Crippen LogP contribution in [0.4, 0.5) is 4.79 Å². The molecule has 0 spiro atoms. The van der Waals surface area contributed by atoms with Gasteiger partial charge < -0.3 is 24.6 Å². The molecule has 0 radical (unpaired) electrons. The first kappa shape index (κ1) is 20.9. The van der Waals surface area contributed by atoms with Gasteiger partial charge in [-0.3, -0.25) is 0 Å². The molecule has 6 nitrogen and oxygen atoms in total. The number of ether oxygens (including phenoxy) is 2.